The Kier molecular flexibility index (Phi) is 7.07. The highest BCUT2D eigenvalue weighted by molar-refractivity contribution is 5.89. The van der Waals surface area contributed by atoms with Gasteiger partial charge in [0.1, 0.15) is 5.82 Å². The van der Waals surface area contributed by atoms with Crippen LogP contribution in [0.5, 0.6) is 0 Å². The summed E-state index contributed by atoms with van der Waals surface area (Å²) in [4.78, 5) is 23.2. The van der Waals surface area contributed by atoms with Crippen LogP contribution >= 0.6 is 0 Å². The molecular weight excluding hydrogens is 335 g/mol. The summed E-state index contributed by atoms with van der Waals surface area (Å²) in [6.45, 7) is -0.161. The molecule has 1 N–H and O–H groups in total. The fraction of sp³-hybridized carbons (Fsp3) is 0.150. The molecule has 0 saturated carbocycles. The first-order valence-corrected chi connectivity index (χ1v) is 7.93. The first kappa shape index (κ1) is 18.9. The molecule has 0 fully saturated rings. The molecule has 0 unspecified atom stereocenters. The molecule has 26 heavy (non-hydrogen) atoms. The summed E-state index contributed by atoms with van der Waals surface area (Å²) < 4.78 is 18.3. The minimum Gasteiger partial charge on any atom is -0.452 e. The van der Waals surface area contributed by atoms with Crippen molar-refractivity contribution in [1.29, 1.82) is 5.26 Å². The Morgan fingerprint density at radius 3 is 2.58 bits per heavy atom. The van der Waals surface area contributed by atoms with Crippen molar-refractivity contribution in [1.82, 2.24) is 5.32 Å². The van der Waals surface area contributed by atoms with Crippen molar-refractivity contribution in [3.05, 3.63) is 77.1 Å². The summed E-state index contributed by atoms with van der Waals surface area (Å²) in [6, 6.07) is 15.0. The lowest BCUT2D eigenvalue weighted by Gasteiger charge is -2.06. The predicted molar refractivity (Wildman–Crippen MR) is 94.3 cm³/mol. The number of hydrogen-bond donors (Lipinski definition) is 1. The molecule has 0 aliphatic rings. The number of nitrogens with one attached hydrogen (secondary N) is 1. The molecule has 0 atom stereocenters. The number of esters is 1. The first-order chi connectivity index (χ1) is 12.6. The van der Waals surface area contributed by atoms with Gasteiger partial charge in [-0.15, -0.1) is 0 Å². The third-order valence-electron chi connectivity index (χ3n) is 3.47. The van der Waals surface area contributed by atoms with Gasteiger partial charge in [-0.05, 0) is 41.8 Å². The van der Waals surface area contributed by atoms with Gasteiger partial charge in [-0.3, -0.25) is 4.79 Å². The fourth-order valence-electron chi connectivity index (χ4n) is 2.11. The van der Waals surface area contributed by atoms with Crippen LogP contribution in [0.4, 0.5) is 4.39 Å². The van der Waals surface area contributed by atoms with Crippen LogP contribution in [0.2, 0.25) is 0 Å². The summed E-state index contributed by atoms with van der Waals surface area (Å²) in [5.41, 5.74) is 1.77. The number of benzene rings is 2. The summed E-state index contributed by atoms with van der Waals surface area (Å²) in [5, 5.41) is 11.3. The lowest BCUT2D eigenvalue weighted by Crippen LogP contribution is -2.30. The molecule has 0 heterocycles. The molecule has 2 aromatic carbocycles. The summed E-state index contributed by atoms with van der Waals surface area (Å²) in [6.07, 6.45) is 3.08. The van der Waals surface area contributed by atoms with Gasteiger partial charge in [-0.1, -0.05) is 30.3 Å². The largest absolute Gasteiger partial charge is 0.452 e. The third-order valence-corrected chi connectivity index (χ3v) is 3.47. The minimum absolute atomic E-state index is 0.248. The van der Waals surface area contributed by atoms with Gasteiger partial charge >= 0.3 is 5.97 Å². The fourth-order valence-corrected chi connectivity index (χ4v) is 2.11. The average molecular weight is 352 g/mol. The van der Waals surface area contributed by atoms with Crippen LogP contribution in [-0.4, -0.2) is 25.0 Å². The van der Waals surface area contributed by atoms with Crippen molar-refractivity contribution < 1.29 is 18.7 Å². The molecule has 132 valence electrons. The summed E-state index contributed by atoms with van der Waals surface area (Å²) in [5.74, 6) is -1.43. The van der Waals surface area contributed by atoms with Crippen LogP contribution in [0, 0.1) is 17.1 Å². The van der Waals surface area contributed by atoms with Crippen molar-refractivity contribution in [2.45, 2.75) is 6.42 Å². The van der Waals surface area contributed by atoms with Gasteiger partial charge in [0, 0.05) is 12.6 Å². The van der Waals surface area contributed by atoms with Crippen LogP contribution in [0.1, 0.15) is 16.7 Å². The topological polar surface area (TPSA) is 79.2 Å². The molecule has 0 aromatic heterocycles. The molecule has 2 rings (SSSR count). The van der Waals surface area contributed by atoms with Crippen LogP contribution in [0.25, 0.3) is 6.08 Å². The molecule has 0 saturated heterocycles. The normalized spacial score (nSPS) is 10.3. The van der Waals surface area contributed by atoms with Crippen molar-refractivity contribution >= 4 is 18.0 Å². The van der Waals surface area contributed by atoms with Crippen LogP contribution in [-0.2, 0) is 20.7 Å². The smallest absolute Gasteiger partial charge is 0.331 e. The molecule has 1 amide bonds. The average Bonchev–Trinajstić information content (AvgIpc) is 2.66. The number of halogens is 1. The first-order valence-electron chi connectivity index (χ1n) is 7.93. The molecule has 2 aromatic rings. The second-order valence-electron chi connectivity index (χ2n) is 5.37. The van der Waals surface area contributed by atoms with E-state index in [2.05, 4.69) is 5.32 Å². The number of carbonyl (C=O) groups excluding carboxylic acids is 2. The maximum atomic E-state index is 13.4. The van der Waals surface area contributed by atoms with E-state index in [1.54, 1.807) is 42.5 Å². The van der Waals surface area contributed by atoms with E-state index in [0.29, 0.717) is 17.5 Å². The lowest BCUT2D eigenvalue weighted by molar-refractivity contribution is -0.143. The Hall–Kier alpha value is -3.46. The number of rotatable bonds is 7. The van der Waals surface area contributed by atoms with E-state index < -0.39 is 18.5 Å². The molecule has 6 heteroatoms. The number of nitriles is 1. The highest BCUT2D eigenvalue weighted by Gasteiger charge is 2.06. The van der Waals surface area contributed by atoms with E-state index in [-0.39, 0.29) is 12.4 Å². The molecule has 0 bridgehead atoms. The molecule has 5 nitrogen and oxygen atoms in total. The highest BCUT2D eigenvalue weighted by Crippen LogP contribution is 2.06. The zero-order chi connectivity index (χ0) is 18.8. The van der Waals surface area contributed by atoms with E-state index in [9.17, 15) is 14.0 Å². The molecular formula is C20H17FN2O3. The van der Waals surface area contributed by atoms with Crippen LogP contribution in [0.15, 0.2) is 54.6 Å². The SMILES string of the molecule is N#Cc1ccc(/C=C/C(=O)OCC(=O)NCCc2ccccc2F)cc1. The molecule has 0 radical (unpaired) electrons. The highest BCUT2D eigenvalue weighted by atomic mass is 19.1. The van der Waals surface area contributed by atoms with Gasteiger partial charge in [-0.25, -0.2) is 9.18 Å². The zero-order valence-corrected chi connectivity index (χ0v) is 13.9. The number of nitrogens with zero attached hydrogens (tertiary/aromatic N) is 1. The van der Waals surface area contributed by atoms with Crippen molar-refractivity contribution in [3.8, 4) is 6.07 Å². The second kappa shape index (κ2) is 9.74. The molecule has 0 spiro atoms. The van der Waals surface area contributed by atoms with Crippen molar-refractivity contribution in [3.63, 3.8) is 0 Å². The van der Waals surface area contributed by atoms with E-state index in [0.717, 1.165) is 5.56 Å². The maximum Gasteiger partial charge on any atom is 0.331 e. The number of ether oxygens (including phenoxy) is 1. The van der Waals surface area contributed by atoms with Crippen LogP contribution in [0.3, 0.4) is 0 Å². The Morgan fingerprint density at radius 2 is 1.88 bits per heavy atom. The van der Waals surface area contributed by atoms with Gasteiger partial charge < -0.3 is 10.1 Å². The van der Waals surface area contributed by atoms with Gasteiger partial charge in [0.05, 0.1) is 11.6 Å². The Bertz CT molecular complexity index is 839. The minimum atomic E-state index is -0.654. The Labute approximate surface area is 150 Å². The quantitative estimate of drug-likeness (QED) is 0.614. The van der Waals surface area contributed by atoms with E-state index in [4.69, 9.17) is 10.00 Å². The third kappa shape index (κ3) is 6.21. The maximum absolute atomic E-state index is 13.4. The van der Waals surface area contributed by atoms with E-state index in [1.165, 1.54) is 18.2 Å². The van der Waals surface area contributed by atoms with Crippen molar-refractivity contribution in [2.24, 2.45) is 0 Å². The van der Waals surface area contributed by atoms with Crippen molar-refractivity contribution in [2.75, 3.05) is 13.2 Å². The van der Waals surface area contributed by atoms with Crippen LogP contribution < -0.4 is 5.32 Å². The molecule has 0 aliphatic carbocycles. The standard InChI is InChI=1S/C20H17FN2O3/c21-18-4-2-1-3-17(18)11-12-23-19(24)14-26-20(25)10-9-15-5-7-16(13-22)8-6-15/h1-10H,11-12,14H2,(H,23,24)/b10-9+. The van der Waals surface area contributed by atoms with Gasteiger partial charge in [0.2, 0.25) is 0 Å². The zero-order valence-electron chi connectivity index (χ0n) is 13.9. The Morgan fingerprint density at radius 1 is 1.15 bits per heavy atom. The number of amides is 1. The second-order valence-corrected chi connectivity index (χ2v) is 5.37. The Balaban J connectivity index is 1.69. The van der Waals surface area contributed by atoms with Gasteiger partial charge in [0.15, 0.2) is 6.61 Å². The van der Waals surface area contributed by atoms with Gasteiger partial charge in [0.25, 0.3) is 5.91 Å². The summed E-state index contributed by atoms with van der Waals surface area (Å²) in [7, 11) is 0. The van der Waals surface area contributed by atoms with E-state index in [1.807, 2.05) is 6.07 Å². The molecule has 0 aliphatic heterocycles. The summed E-state index contributed by atoms with van der Waals surface area (Å²) >= 11 is 0. The van der Waals surface area contributed by atoms with Gasteiger partial charge in [-0.2, -0.15) is 5.26 Å². The predicted octanol–water partition coefficient (Wildman–Crippen LogP) is 2.61. The number of hydrogen-bond acceptors (Lipinski definition) is 4. The number of carbonyl (C=O) groups is 2. The van der Waals surface area contributed by atoms with E-state index >= 15 is 0 Å². The lowest BCUT2D eigenvalue weighted by atomic mass is 10.1. The monoisotopic (exact) mass is 352 g/mol.